The average molecular weight is 439 g/mol. The summed E-state index contributed by atoms with van der Waals surface area (Å²) in [5.74, 6) is -0.714. The maximum absolute atomic E-state index is 14.6. The van der Waals surface area contributed by atoms with Crippen LogP contribution in [0.4, 0.5) is 4.39 Å². The van der Waals surface area contributed by atoms with Gasteiger partial charge in [-0.2, -0.15) is 0 Å². The number of ether oxygens (including phenoxy) is 1. The number of benzene rings is 1. The summed E-state index contributed by atoms with van der Waals surface area (Å²) in [6.45, 7) is 4.05. The van der Waals surface area contributed by atoms with E-state index in [0.717, 1.165) is 6.42 Å². The number of halogens is 1. The zero-order valence-corrected chi connectivity index (χ0v) is 18.3. The molecule has 0 aliphatic carbocycles. The lowest BCUT2D eigenvalue weighted by molar-refractivity contribution is -0.128. The molecule has 1 atom stereocenters. The molecular weight excluding hydrogens is 413 g/mol. The number of aromatic nitrogens is 2. The fraction of sp³-hybridized carbons (Fsp3) is 0.348. The molecular formula is C23H26FN5O3. The number of rotatable bonds is 8. The molecule has 0 radical (unpaired) electrons. The van der Waals surface area contributed by atoms with Crippen LogP contribution in [0.3, 0.4) is 0 Å². The molecule has 1 aliphatic heterocycles. The largest absolute Gasteiger partial charge is 0.472 e. The third-order valence-corrected chi connectivity index (χ3v) is 5.19. The number of nitrogens with zero attached hydrogens (tertiary/aromatic N) is 4. The van der Waals surface area contributed by atoms with E-state index >= 15 is 0 Å². The van der Waals surface area contributed by atoms with Crippen LogP contribution in [-0.4, -0.2) is 46.2 Å². The maximum atomic E-state index is 14.6. The zero-order chi connectivity index (χ0) is 23.3. The summed E-state index contributed by atoms with van der Waals surface area (Å²) in [4.78, 5) is 38.7. The molecule has 8 nitrogen and oxygen atoms in total. The van der Waals surface area contributed by atoms with E-state index in [1.165, 1.54) is 36.5 Å². The van der Waals surface area contributed by atoms with Crippen LogP contribution in [0.15, 0.2) is 47.7 Å². The molecule has 1 unspecified atom stereocenters. The van der Waals surface area contributed by atoms with Crippen molar-refractivity contribution in [1.82, 2.24) is 14.9 Å². The van der Waals surface area contributed by atoms with Gasteiger partial charge in [-0.25, -0.2) is 19.4 Å². The van der Waals surface area contributed by atoms with E-state index in [0.29, 0.717) is 18.1 Å². The summed E-state index contributed by atoms with van der Waals surface area (Å²) in [5.41, 5.74) is 5.64. The number of nitrogens with two attached hydrogens (primary N) is 1. The quantitative estimate of drug-likeness (QED) is 0.500. The van der Waals surface area contributed by atoms with Crippen LogP contribution in [0.1, 0.15) is 48.3 Å². The number of allylic oxidation sites excluding steroid dienone is 1. The van der Waals surface area contributed by atoms with Gasteiger partial charge in [0.1, 0.15) is 18.1 Å². The first-order valence-electron chi connectivity index (χ1n) is 10.3. The molecule has 2 aromatic rings. The van der Waals surface area contributed by atoms with Gasteiger partial charge in [0.2, 0.25) is 11.8 Å². The first-order chi connectivity index (χ1) is 15.2. The molecule has 1 aliphatic rings. The van der Waals surface area contributed by atoms with E-state index in [9.17, 15) is 14.0 Å². The SMILES string of the molecule is CC/C=C\COc1cnc(C(=O)Cc2ccc(F)c(C3(C)CC(=O)N(C)C(N)=N3)c2)cn1. The minimum absolute atomic E-state index is 0.00940. The molecule has 0 bridgehead atoms. The Balaban J connectivity index is 1.75. The van der Waals surface area contributed by atoms with E-state index in [1.807, 2.05) is 19.1 Å². The van der Waals surface area contributed by atoms with Crippen LogP contribution in [0, 0.1) is 5.82 Å². The Morgan fingerprint density at radius 3 is 2.75 bits per heavy atom. The second-order valence-corrected chi connectivity index (χ2v) is 7.72. The highest BCUT2D eigenvalue weighted by Gasteiger charge is 2.38. The Kier molecular flexibility index (Phi) is 6.97. The number of ketones is 1. The standard InChI is InChI=1S/C23H26FN5O3/c1-4-5-6-9-32-20-14-26-18(13-27-20)19(30)11-15-7-8-17(24)16(10-15)23(2)12-21(31)29(3)22(25)28-23/h5-8,10,13-14H,4,9,11-12H2,1-3H3,(H2,25,28)/b6-5-. The van der Waals surface area contributed by atoms with Crippen molar-refractivity contribution in [3.05, 3.63) is 65.4 Å². The molecule has 2 N–H and O–H groups in total. The van der Waals surface area contributed by atoms with E-state index < -0.39 is 11.4 Å². The smallest absolute Gasteiger partial charge is 0.232 e. The highest BCUT2D eigenvalue weighted by molar-refractivity contribution is 5.99. The van der Waals surface area contributed by atoms with Crippen molar-refractivity contribution < 1.29 is 18.7 Å². The Bertz CT molecular complexity index is 1070. The molecule has 0 saturated heterocycles. The number of carbonyl (C=O) groups excluding carboxylic acids is 2. The van der Waals surface area contributed by atoms with Crippen molar-refractivity contribution in [1.29, 1.82) is 0 Å². The molecule has 0 fully saturated rings. The lowest BCUT2D eigenvalue weighted by atomic mass is 9.85. The van der Waals surface area contributed by atoms with Gasteiger partial charge in [0.25, 0.3) is 0 Å². The monoisotopic (exact) mass is 439 g/mol. The second kappa shape index (κ2) is 9.67. The first kappa shape index (κ1) is 23.1. The zero-order valence-electron chi connectivity index (χ0n) is 18.3. The Morgan fingerprint density at radius 2 is 2.09 bits per heavy atom. The van der Waals surface area contributed by atoms with Gasteiger partial charge in [0.15, 0.2) is 11.7 Å². The van der Waals surface area contributed by atoms with Crippen molar-refractivity contribution in [2.24, 2.45) is 10.7 Å². The molecule has 0 saturated carbocycles. The van der Waals surface area contributed by atoms with Crippen LogP contribution in [0.25, 0.3) is 0 Å². The normalized spacial score (nSPS) is 18.7. The van der Waals surface area contributed by atoms with E-state index in [1.54, 1.807) is 13.0 Å². The van der Waals surface area contributed by atoms with Crippen molar-refractivity contribution in [2.75, 3.05) is 13.7 Å². The molecule has 32 heavy (non-hydrogen) atoms. The Labute approximate surface area is 186 Å². The van der Waals surface area contributed by atoms with E-state index in [4.69, 9.17) is 10.5 Å². The molecule has 1 amide bonds. The molecule has 2 heterocycles. The van der Waals surface area contributed by atoms with Crippen LogP contribution >= 0.6 is 0 Å². The molecule has 3 rings (SSSR count). The first-order valence-corrected chi connectivity index (χ1v) is 10.3. The van der Waals surface area contributed by atoms with E-state index in [-0.39, 0.29) is 41.7 Å². The van der Waals surface area contributed by atoms with Crippen molar-refractivity contribution >= 4 is 17.6 Å². The highest BCUT2D eigenvalue weighted by Crippen LogP contribution is 2.35. The van der Waals surface area contributed by atoms with Gasteiger partial charge in [-0.1, -0.05) is 25.1 Å². The fourth-order valence-corrected chi connectivity index (χ4v) is 3.34. The minimum atomic E-state index is -1.15. The second-order valence-electron chi connectivity index (χ2n) is 7.72. The van der Waals surface area contributed by atoms with Gasteiger partial charge in [-0.15, -0.1) is 0 Å². The number of guanidine groups is 1. The predicted molar refractivity (Wildman–Crippen MR) is 118 cm³/mol. The van der Waals surface area contributed by atoms with Crippen LogP contribution in [0.2, 0.25) is 0 Å². The lowest BCUT2D eigenvalue weighted by Gasteiger charge is -2.34. The maximum Gasteiger partial charge on any atom is 0.232 e. The van der Waals surface area contributed by atoms with Crippen LogP contribution in [0.5, 0.6) is 5.88 Å². The number of Topliss-reactive ketones (excluding diaryl/α,β-unsaturated/α-hetero) is 1. The Morgan fingerprint density at radius 1 is 1.31 bits per heavy atom. The summed E-state index contributed by atoms with van der Waals surface area (Å²) >= 11 is 0. The molecule has 1 aromatic heterocycles. The predicted octanol–water partition coefficient (Wildman–Crippen LogP) is 2.78. The molecule has 168 valence electrons. The molecule has 0 spiro atoms. The summed E-state index contributed by atoms with van der Waals surface area (Å²) in [7, 11) is 1.52. The van der Waals surface area contributed by atoms with Gasteiger partial charge in [-0.3, -0.25) is 14.5 Å². The van der Waals surface area contributed by atoms with Gasteiger partial charge in [0.05, 0.1) is 24.4 Å². The third kappa shape index (κ3) is 5.16. The summed E-state index contributed by atoms with van der Waals surface area (Å²) < 4.78 is 20.1. The number of amides is 1. The summed E-state index contributed by atoms with van der Waals surface area (Å²) in [6, 6.07) is 4.34. The fourth-order valence-electron chi connectivity index (χ4n) is 3.34. The van der Waals surface area contributed by atoms with Gasteiger partial charge >= 0.3 is 0 Å². The van der Waals surface area contributed by atoms with Crippen molar-refractivity contribution in [3.63, 3.8) is 0 Å². The average Bonchev–Trinajstić information content (AvgIpc) is 2.76. The van der Waals surface area contributed by atoms with Crippen molar-refractivity contribution in [2.45, 2.75) is 38.6 Å². The van der Waals surface area contributed by atoms with Crippen LogP contribution < -0.4 is 10.5 Å². The molecule has 1 aromatic carbocycles. The minimum Gasteiger partial charge on any atom is -0.472 e. The number of carbonyl (C=O) groups is 2. The highest BCUT2D eigenvalue weighted by atomic mass is 19.1. The number of aliphatic imine (C=N–C) groups is 1. The van der Waals surface area contributed by atoms with Gasteiger partial charge < -0.3 is 10.5 Å². The van der Waals surface area contributed by atoms with Crippen LogP contribution in [-0.2, 0) is 16.8 Å². The third-order valence-electron chi connectivity index (χ3n) is 5.19. The number of hydrogen-bond acceptors (Lipinski definition) is 7. The van der Waals surface area contributed by atoms with Gasteiger partial charge in [-0.05, 0) is 31.0 Å². The molecule has 9 heteroatoms. The number of hydrogen-bond donors (Lipinski definition) is 1. The Hall–Kier alpha value is -3.62. The topological polar surface area (TPSA) is 111 Å². The lowest BCUT2D eigenvalue weighted by Crippen LogP contribution is -2.47. The summed E-state index contributed by atoms with van der Waals surface area (Å²) in [6.07, 6.45) is 7.48. The van der Waals surface area contributed by atoms with Crippen molar-refractivity contribution in [3.8, 4) is 5.88 Å². The van der Waals surface area contributed by atoms with E-state index in [2.05, 4.69) is 15.0 Å². The van der Waals surface area contributed by atoms with Gasteiger partial charge in [0, 0.05) is 19.0 Å². The summed E-state index contributed by atoms with van der Waals surface area (Å²) in [5, 5.41) is 0.